The maximum atomic E-state index is 12.2. The van der Waals surface area contributed by atoms with Crippen LogP contribution in [-0.2, 0) is 9.53 Å². The Balaban J connectivity index is 2.07. The number of hydrogen-bond donors (Lipinski definition) is 1. The monoisotopic (exact) mass is 320 g/mol. The van der Waals surface area contributed by atoms with Gasteiger partial charge in [0.25, 0.3) is 5.91 Å². The molecule has 8 heteroatoms. The van der Waals surface area contributed by atoms with Crippen LogP contribution < -0.4 is 10.9 Å². The minimum atomic E-state index is -1.07. The van der Waals surface area contributed by atoms with Crippen molar-refractivity contribution in [3.05, 3.63) is 45.1 Å². The molecule has 0 radical (unpaired) electrons. The lowest BCUT2D eigenvalue weighted by molar-refractivity contribution is -0.124. The molecule has 0 spiro atoms. The second-order valence-electron chi connectivity index (χ2n) is 5.05. The summed E-state index contributed by atoms with van der Waals surface area (Å²) in [5.41, 5.74) is 0.598. The third kappa shape index (κ3) is 3.85. The Bertz CT molecular complexity index is 778. The lowest BCUT2D eigenvalue weighted by Gasteiger charge is -2.13. The van der Waals surface area contributed by atoms with E-state index in [9.17, 15) is 14.4 Å². The van der Waals surface area contributed by atoms with Crippen LogP contribution in [0.5, 0.6) is 0 Å². The van der Waals surface area contributed by atoms with Gasteiger partial charge in [-0.05, 0) is 33.3 Å². The van der Waals surface area contributed by atoms with Crippen molar-refractivity contribution in [1.29, 1.82) is 0 Å². The maximum absolute atomic E-state index is 12.2. The van der Waals surface area contributed by atoms with E-state index in [1.54, 1.807) is 13.8 Å². The Hall–Kier alpha value is -2.90. The van der Waals surface area contributed by atoms with Crippen LogP contribution in [0.2, 0.25) is 0 Å². The summed E-state index contributed by atoms with van der Waals surface area (Å²) in [7, 11) is 0. The van der Waals surface area contributed by atoms with E-state index in [2.05, 4.69) is 10.5 Å². The Morgan fingerprint density at radius 2 is 1.96 bits per heavy atom. The number of ether oxygens (including phenoxy) is 1. The van der Waals surface area contributed by atoms with E-state index in [0.29, 0.717) is 11.3 Å². The van der Waals surface area contributed by atoms with Gasteiger partial charge in [-0.25, -0.2) is 9.59 Å². The minimum Gasteiger partial charge on any atom is -0.449 e. The molecule has 23 heavy (non-hydrogen) atoms. The Morgan fingerprint density at radius 3 is 2.52 bits per heavy atom. The van der Waals surface area contributed by atoms with Crippen LogP contribution in [-0.4, -0.2) is 23.1 Å². The molecule has 1 atom stereocenters. The third-order valence-corrected chi connectivity index (χ3v) is 3.07. The molecule has 1 unspecified atom stereocenters. The first-order valence-electron chi connectivity index (χ1n) is 6.84. The van der Waals surface area contributed by atoms with Crippen molar-refractivity contribution >= 4 is 17.8 Å². The van der Waals surface area contributed by atoms with Gasteiger partial charge in [-0.1, -0.05) is 5.16 Å². The van der Waals surface area contributed by atoms with Crippen LogP contribution in [0, 0.1) is 20.8 Å². The molecular weight excluding hydrogens is 304 g/mol. The van der Waals surface area contributed by atoms with Crippen LogP contribution in [0.3, 0.4) is 0 Å². The average molecular weight is 320 g/mol. The summed E-state index contributed by atoms with van der Waals surface area (Å²) >= 11 is 0. The number of nitrogens with zero attached hydrogens (tertiary/aromatic N) is 1. The molecule has 2 heterocycles. The van der Waals surface area contributed by atoms with Crippen LogP contribution in [0.1, 0.15) is 34.3 Å². The molecule has 0 saturated heterocycles. The van der Waals surface area contributed by atoms with E-state index >= 15 is 0 Å². The number of aromatic nitrogens is 1. The van der Waals surface area contributed by atoms with Crippen molar-refractivity contribution in [1.82, 2.24) is 5.16 Å². The highest BCUT2D eigenvalue weighted by molar-refractivity contribution is 5.97. The van der Waals surface area contributed by atoms with Gasteiger partial charge in [-0.3, -0.25) is 10.1 Å². The molecule has 8 nitrogen and oxygen atoms in total. The molecular formula is C15H16N2O6. The molecule has 122 valence electrons. The summed E-state index contributed by atoms with van der Waals surface area (Å²) < 4.78 is 14.8. The lowest BCUT2D eigenvalue weighted by atomic mass is 10.1. The zero-order valence-corrected chi connectivity index (χ0v) is 13.1. The predicted octanol–water partition coefficient (Wildman–Crippen LogP) is 1.74. The molecule has 0 aliphatic carbocycles. The summed E-state index contributed by atoms with van der Waals surface area (Å²) in [5, 5.41) is 6.07. The van der Waals surface area contributed by atoms with Gasteiger partial charge >= 0.3 is 11.6 Å². The SMILES string of the molecule is Cc1cc(NC(=O)C(C)OC(=O)c2c(C)cc(=O)oc2C)on1. The normalized spacial score (nSPS) is 11.8. The number of nitrogens with one attached hydrogen (secondary N) is 1. The van der Waals surface area contributed by atoms with Gasteiger partial charge in [0.1, 0.15) is 11.3 Å². The quantitative estimate of drug-likeness (QED) is 0.854. The van der Waals surface area contributed by atoms with E-state index in [1.807, 2.05) is 0 Å². The third-order valence-electron chi connectivity index (χ3n) is 3.07. The smallest absolute Gasteiger partial charge is 0.342 e. The highest BCUT2D eigenvalue weighted by atomic mass is 16.5. The van der Waals surface area contributed by atoms with Gasteiger partial charge in [-0.2, -0.15) is 0 Å². The number of carbonyl (C=O) groups is 2. The molecule has 1 amide bonds. The number of esters is 1. The van der Waals surface area contributed by atoms with Gasteiger partial charge in [0.05, 0.1) is 5.69 Å². The van der Waals surface area contributed by atoms with E-state index in [4.69, 9.17) is 13.7 Å². The van der Waals surface area contributed by atoms with Crippen LogP contribution in [0.4, 0.5) is 5.88 Å². The van der Waals surface area contributed by atoms with Crippen molar-refractivity contribution in [2.24, 2.45) is 0 Å². The number of aryl methyl sites for hydroxylation is 3. The van der Waals surface area contributed by atoms with E-state index < -0.39 is 23.6 Å². The zero-order valence-electron chi connectivity index (χ0n) is 13.1. The van der Waals surface area contributed by atoms with Gasteiger partial charge in [0, 0.05) is 12.1 Å². The first-order valence-corrected chi connectivity index (χ1v) is 6.84. The fourth-order valence-electron chi connectivity index (χ4n) is 1.98. The first kappa shape index (κ1) is 16.5. The number of rotatable bonds is 4. The molecule has 0 fully saturated rings. The highest BCUT2D eigenvalue weighted by Crippen LogP contribution is 2.14. The summed E-state index contributed by atoms with van der Waals surface area (Å²) in [4.78, 5) is 35.4. The number of hydrogen-bond acceptors (Lipinski definition) is 7. The average Bonchev–Trinajstić information content (AvgIpc) is 2.82. The summed E-state index contributed by atoms with van der Waals surface area (Å²) in [6.45, 7) is 6.19. The van der Waals surface area contributed by atoms with Crippen LogP contribution >= 0.6 is 0 Å². The molecule has 0 saturated carbocycles. The molecule has 0 aliphatic heterocycles. The van der Waals surface area contributed by atoms with Crippen molar-refractivity contribution in [3.8, 4) is 0 Å². The summed E-state index contributed by atoms with van der Waals surface area (Å²) in [5.74, 6) is -1.02. The largest absolute Gasteiger partial charge is 0.449 e. The van der Waals surface area contributed by atoms with Gasteiger partial charge in [0.15, 0.2) is 6.10 Å². The maximum Gasteiger partial charge on any atom is 0.342 e. The predicted molar refractivity (Wildman–Crippen MR) is 79.2 cm³/mol. The van der Waals surface area contributed by atoms with E-state index in [-0.39, 0.29) is 17.2 Å². The molecule has 2 aromatic rings. The lowest BCUT2D eigenvalue weighted by Crippen LogP contribution is -2.30. The van der Waals surface area contributed by atoms with Gasteiger partial charge < -0.3 is 13.7 Å². The standard InChI is InChI=1S/C15H16N2O6/c1-7-5-12(18)21-9(3)13(7)15(20)22-10(4)14(19)16-11-6-8(2)17-23-11/h5-6,10H,1-4H3,(H,16,19). The number of amides is 1. The van der Waals surface area contributed by atoms with Crippen LogP contribution in [0.25, 0.3) is 0 Å². The van der Waals surface area contributed by atoms with Crippen LogP contribution in [0.15, 0.2) is 25.9 Å². The topological polar surface area (TPSA) is 112 Å². The Kier molecular flexibility index (Phi) is 4.63. The number of anilines is 1. The summed E-state index contributed by atoms with van der Waals surface area (Å²) in [6, 6.07) is 2.72. The molecule has 0 aliphatic rings. The number of carbonyl (C=O) groups excluding carboxylic acids is 2. The second-order valence-corrected chi connectivity index (χ2v) is 5.05. The highest BCUT2D eigenvalue weighted by Gasteiger charge is 2.23. The van der Waals surface area contributed by atoms with Crippen molar-refractivity contribution in [2.75, 3.05) is 5.32 Å². The second kappa shape index (κ2) is 6.47. The molecule has 2 rings (SSSR count). The summed E-state index contributed by atoms with van der Waals surface area (Å²) in [6.07, 6.45) is -1.07. The fraction of sp³-hybridized carbons (Fsp3) is 0.333. The van der Waals surface area contributed by atoms with Crippen molar-refractivity contribution < 1.29 is 23.3 Å². The van der Waals surface area contributed by atoms with Crippen molar-refractivity contribution in [2.45, 2.75) is 33.8 Å². The van der Waals surface area contributed by atoms with Crippen molar-refractivity contribution in [3.63, 3.8) is 0 Å². The van der Waals surface area contributed by atoms with E-state index in [1.165, 1.54) is 26.0 Å². The van der Waals surface area contributed by atoms with Gasteiger partial charge in [0.2, 0.25) is 5.88 Å². The Labute approximate surface area is 131 Å². The molecule has 0 bridgehead atoms. The fourth-order valence-corrected chi connectivity index (χ4v) is 1.98. The zero-order chi connectivity index (χ0) is 17.1. The molecule has 1 N–H and O–H groups in total. The van der Waals surface area contributed by atoms with E-state index in [0.717, 1.165) is 0 Å². The molecule has 2 aromatic heterocycles. The Morgan fingerprint density at radius 1 is 1.26 bits per heavy atom. The minimum absolute atomic E-state index is 0.125. The molecule has 0 aromatic carbocycles. The van der Waals surface area contributed by atoms with Gasteiger partial charge in [-0.15, -0.1) is 0 Å². The first-order chi connectivity index (χ1) is 10.8.